The Bertz CT molecular complexity index is 491. The summed E-state index contributed by atoms with van der Waals surface area (Å²) in [5.41, 5.74) is 2.15. The maximum absolute atomic E-state index is 5.95. The van der Waals surface area contributed by atoms with E-state index in [1.54, 1.807) is 0 Å². The van der Waals surface area contributed by atoms with E-state index in [1.165, 1.54) is 5.56 Å². The van der Waals surface area contributed by atoms with Crippen molar-refractivity contribution in [3.05, 3.63) is 47.2 Å². The van der Waals surface area contributed by atoms with Crippen molar-refractivity contribution in [3.63, 3.8) is 0 Å². The first kappa shape index (κ1) is 12.1. The molecule has 2 rings (SSSR count). The molecular formula is C13H16ClN3. The van der Waals surface area contributed by atoms with Gasteiger partial charge in [0.05, 0.1) is 11.9 Å². The Hall–Kier alpha value is -1.32. The Morgan fingerprint density at radius 3 is 2.94 bits per heavy atom. The van der Waals surface area contributed by atoms with Crippen molar-refractivity contribution in [1.82, 2.24) is 15.1 Å². The summed E-state index contributed by atoms with van der Waals surface area (Å²) in [4.78, 5) is 0. The second-order valence-corrected chi connectivity index (χ2v) is 4.75. The van der Waals surface area contributed by atoms with Crippen molar-refractivity contribution in [2.45, 2.75) is 26.4 Å². The van der Waals surface area contributed by atoms with Gasteiger partial charge in [0, 0.05) is 29.4 Å². The average Bonchev–Trinajstić information content (AvgIpc) is 2.75. The summed E-state index contributed by atoms with van der Waals surface area (Å²) in [7, 11) is 0. The Kier molecular flexibility index (Phi) is 3.82. The van der Waals surface area contributed by atoms with E-state index in [4.69, 9.17) is 11.6 Å². The molecule has 0 aliphatic rings. The van der Waals surface area contributed by atoms with E-state index in [1.807, 2.05) is 41.3 Å². The largest absolute Gasteiger partial charge is 0.310 e. The molecule has 0 saturated carbocycles. The fourth-order valence-corrected chi connectivity index (χ4v) is 1.72. The summed E-state index contributed by atoms with van der Waals surface area (Å²) >= 11 is 5.95. The fourth-order valence-electron chi connectivity index (χ4n) is 1.53. The number of nitrogens with zero attached hydrogens (tertiary/aromatic N) is 2. The van der Waals surface area contributed by atoms with Crippen LogP contribution in [0.3, 0.4) is 0 Å². The molecule has 0 spiro atoms. The van der Waals surface area contributed by atoms with Gasteiger partial charge in [0.2, 0.25) is 0 Å². The third-order valence-corrected chi connectivity index (χ3v) is 2.66. The van der Waals surface area contributed by atoms with E-state index in [9.17, 15) is 0 Å². The molecule has 1 aromatic heterocycles. The van der Waals surface area contributed by atoms with Gasteiger partial charge in [-0.25, -0.2) is 4.68 Å². The van der Waals surface area contributed by atoms with Gasteiger partial charge in [0.15, 0.2) is 0 Å². The minimum atomic E-state index is 0.476. The Morgan fingerprint density at radius 1 is 1.41 bits per heavy atom. The molecule has 0 unspecified atom stereocenters. The molecule has 0 bridgehead atoms. The predicted molar refractivity (Wildman–Crippen MR) is 70.5 cm³/mol. The van der Waals surface area contributed by atoms with Crippen LogP contribution in [0.15, 0.2) is 36.7 Å². The number of hydrogen-bond donors (Lipinski definition) is 1. The lowest BCUT2D eigenvalue weighted by Crippen LogP contribution is -2.21. The van der Waals surface area contributed by atoms with Crippen molar-refractivity contribution in [1.29, 1.82) is 0 Å². The lowest BCUT2D eigenvalue weighted by atomic mass is 10.3. The normalized spacial score (nSPS) is 11.1. The second kappa shape index (κ2) is 5.34. The van der Waals surface area contributed by atoms with Gasteiger partial charge in [-0.05, 0) is 18.2 Å². The van der Waals surface area contributed by atoms with Crippen LogP contribution in [0.5, 0.6) is 0 Å². The van der Waals surface area contributed by atoms with Crippen LogP contribution in [0.1, 0.15) is 19.4 Å². The highest BCUT2D eigenvalue weighted by molar-refractivity contribution is 6.30. The predicted octanol–water partition coefficient (Wildman–Crippen LogP) is 3.02. The minimum absolute atomic E-state index is 0.476. The Labute approximate surface area is 106 Å². The molecular weight excluding hydrogens is 234 g/mol. The van der Waals surface area contributed by atoms with Crippen molar-refractivity contribution >= 4 is 11.6 Å². The minimum Gasteiger partial charge on any atom is -0.310 e. The van der Waals surface area contributed by atoms with Crippen LogP contribution in [-0.4, -0.2) is 15.8 Å². The van der Waals surface area contributed by atoms with Gasteiger partial charge in [-0.2, -0.15) is 5.10 Å². The van der Waals surface area contributed by atoms with Gasteiger partial charge in [-0.15, -0.1) is 0 Å². The van der Waals surface area contributed by atoms with Crippen molar-refractivity contribution < 1.29 is 0 Å². The SMILES string of the molecule is CC(C)NCc1cnn(-c2cccc(Cl)c2)c1. The summed E-state index contributed by atoms with van der Waals surface area (Å²) in [6, 6.07) is 8.14. The third kappa shape index (κ3) is 3.32. The van der Waals surface area contributed by atoms with Crippen LogP contribution < -0.4 is 5.32 Å². The van der Waals surface area contributed by atoms with E-state index >= 15 is 0 Å². The number of aromatic nitrogens is 2. The second-order valence-electron chi connectivity index (χ2n) is 4.31. The van der Waals surface area contributed by atoms with Crippen molar-refractivity contribution in [2.24, 2.45) is 0 Å². The number of halogens is 1. The van der Waals surface area contributed by atoms with Gasteiger partial charge in [0.25, 0.3) is 0 Å². The topological polar surface area (TPSA) is 29.9 Å². The molecule has 0 aliphatic carbocycles. The maximum Gasteiger partial charge on any atom is 0.0660 e. The van der Waals surface area contributed by atoms with Crippen LogP contribution in [0, 0.1) is 0 Å². The van der Waals surface area contributed by atoms with Crippen molar-refractivity contribution in [3.8, 4) is 5.69 Å². The van der Waals surface area contributed by atoms with Crippen LogP contribution in [0.4, 0.5) is 0 Å². The summed E-state index contributed by atoms with van der Waals surface area (Å²) in [5.74, 6) is 0. The molecule has 0 amide bonds. The maximum atomic E-state index is 5.95. The van der Waals surface area contributed by atoms with Crippen LogP contribution in [0.2, 0.25) is 5.02 Å². The molecule has 0 fully saturated rings. The summed E-state index contributed by atoms with van der Waals surface area (Å²) < 4.78 is 1.84. The molecule has 4 heteroatoms. The van der Waals surface area contributed by atoms with E-state index in [0.717, 1.165) is 17.3 Å². The first-order chi connectivity index (χ1) is 8.15. The van der Waals surface area contributed by atoms with Crippen LogP contribution in [-0.2, 0) is 6.54 Å². The molecule has 1 N–H and O–H groups in total. The summed E-state index contributed by atoms with van der Waals surface area (Å²) in [6.07, 6.45) is 3.89. The smallest absolute Gasteiger partial charge is 0.0660 e. The number of rotatable bonds is 4. The molecule has 1 aromatic carbocycles. The standard InChI is InChI=1S/C13H16ClN3/c1-10(2)15-7-11-8-16-17(9-11)13-5-3-4-12(14)6-13/h3-6,8-10,15H,7H2,1-2H3. The summed E-state index contributed by atoms with van der Waals surface area (Å²) in [5, 5.41) is 8.40. The van der Waals surface area contributed by atoms with E-state index in [2.05, 4.69) is 24.3 Å². The highest BCUT2D eigenvalue weighted by atomic mass is 35.5. The van der Waals surface area contributed by atoms with Gasteiger partial charge in [-0.1, -0.05) is 31.5 Å². The molecule has 0 saturated heterocycles. The quantitative estimate of drug-likeness (QED) is 0.903. The monoisotopic (exact) mass is 249 g/mol. The zero-order valence-electron chi connectivity index (χ0n) is 10.0. The number of benzene rings is 1. The number of hydrogen-bond acceptors (Lipinski definition) is 2. The van der Waals surface area contributed by atoms with Gasteiger partial charge in [-0.3, -0.25) is 0 Å². The van der Waals surface area contributed by atoms with Gasteiger partial charge in [0.1, 0.15) is 0 Å². The van der Waals surface area contributed by atoms with E-state index in [-0.39, 0.29) is 0 Å². The molecule has 17 heavy (non-hydrogen) atoms. The molecule has 1 heterocycles. The highest BCUT2D eigenvalue weighted by Gasteiger charge is 2.02. The van der Waals surface area contributed by atoms with Gasteiger partial charge >= 0.3 is 0 Å². The van der Waals surface area contributed by atoms with Gasteiger partial charge < -0.3 is 5.32 Å². The molecule has 3 nitrogen and oxygen atoms in total. The zero-order valence-corrected chi connectivity index (χ0v) is 10.8. The first-order valence-corrected chi connectivity index (χ1v) is 6.06. The molecule has 0 aliphatic heterocycles. The van der Waals surface area contributed by atoms with E-state index in [0.29, 0.717) is 6.04 Å². The zero-order chi connectivity index (χ0) is 12.3. The summed E-state index contributed by atoms with van der Waals surface area (Å²) in [6.45, 7) is 5.08. The van der Waals surface area contributed by atoms with Crippen molar-refractivity contribution in [2.75, 3.05) is 0 Å². The molecule has 0 atom stereocenters. The molecule has 90 valence electrons. The molecule has 2 aromatic rings. The van der Waals surface area contributed by atoms with Crippen LogP contribution >= 0.6 is 11.6 Å². The first-order valence-electron chi connectivity index (χ1n) is 5.68. The number of nitrogens with one attached hydrogen (secondary N) is 1. The Balaban J connectivity index is 2.12. The average molecular weight is 250 g/mol. The fraction of sp³-hybridized carbons (Fsp3) is 0.308. The Morgan fingerprint density at radius 2 is 2.24 bits per heavy atom. The lowest BCUT2D eigenvalue weighted by Gasteiger charge is -2.05. The third-order valence-electron chi connectivity index (χ3n) is 2.42. The highest BCUT2D eigenvalue weighted by Crippen LogP contribution is 2.14. The van der Waals surface area contributed by atoms with Crippen LogP contribution in [0.25, 0.3) is 5.69 Å². The molecule has 0 radical (unpaired) electrons. The lowest BCUT2D eigenvalue weighted by molar-refractivity contribution is 0.589. The van der Waals surface area contributed by atoms with E-state index < -0.39 is 0 Å².